The van der Waals surface area contributed by atoms with E-state index in [1.165, 1.54) is 21.1 Å². The van der Waals surface area contributed by atoms with Gasteiger partial charge in [0, 0.05) is 0 Å². The van der Waals surface area contributed by atoms with Crippen LogP contribution in [0.2, 0.25) is 0 Å². The third-order valence-electron chi connectivity index (χ3n) is 2.36. The molecule has 0 saturated heterocycles. The molecule has 0 aliphatic carbocycles. The van der Waals surface area contributed by atoms with E-state index in [9.17, 15) is 9.59 Å². The summed E-state index contributed by atoms with van der Waals surface area (Å²) in [7, 11) is 2.78. The predicted molar refractivity (Wildman–Crippen MR) is 68.1 cm³/mol. The highest BCUT2D eigenvalue weighted by Crippen LogP contribution is 2.25. The van der Waals surface area contributed by atoms with Gasteiger partial charge in [-0.3, -0.25) is 4.79 Å². The Morgan fingerprint density at radius 2 is 1.84 bits per heavy atom. The number of carbonyl (C=O) groups is 2. The molecule has 0 aliphatic heterocycles. The summed E-state index contributed by atoms with van der Waals surface area (Å²) in [6, 6.07) is 6.27. The van der Waals surface area contributed by atoms with Crippen molar-refractivity contribution in [3.05, 3.63) is 24.3 Å². The summed E-state index contributed by atoms with van der Waals surface area (Å²) < 4.78 is 14.9. The number of para-hydroxylation sites is 2. The first-order valence-electron chi connectivity index (χ1n) is 5.71. The fraction of sp³-hybridized carbons (Fsp3) is 0.385. The lowest BCUT2D eigenvalue weighted by Crippen LogP contribution is -2.41. The molecule has 0 heterocycles. The fourth-order valence-corrected chi connectivity index (χ4v) is 1.40. The van der Waals surface area contributed by atoms with Gasteiger partial charge in [0.2, 0.25) is 0 Å². The highest BCUT2D eigenvalue weighted by atomic mass is 16.5. The molecule has 1 aromatic carbocycles. The first-order chi connectivity index (χ1) is 9.08. The maximum atomic E-state index is 11.6. The van der Waals surface area contributed by atoms with Crippen LogP contribution in [0.15, 0.2) is 24.3 Å². The van der Waals surface area contributed by atoms with Crippen molar-refractivity contribution in [2.45, 2.75) is 13.0 Å². The van der Waals surface area contributed by atoms with Gasteiger partial charge in [0.15, 0.2) is 18.1 Å². The van der Waals surface area contributed by atoms with E-state index in [1.54, 1.807) is 24.3 Å². The van der Waals surface area contributed by atoms with Gasteiger partial charge in [-0.05, 0) is 19.1 Å². The molecule has 0 fully saturated rings. The molecule has 6 heteroatoms. The number of hydrogen-bond acceptors (Lipinski definition) is 5. The molecule has 104 valence electrons. The number of ether oxygens (including phenoxy) is 3. The van der Waals surface area contributed by atoms with E-state index in [1.807, 2.05) is 0 Å². The molecule has 6 nitrogen and oxygen atoms in total. The van der Waals surface area contributed by atoms with Gasteiger partial charge < -0.3 is 19.5 Å². The van der Waals surface area contributed by atoms with Crippen LogP contribution in [0.25, 0.3) is 0 Å². The Labute approximate surface area is 111 Å². The summed E-state index contributed by atoms with van der Waals surface area (Å²) in [4.78, 5) is 22.7. The highest BCUT2D eigenvalue weighted by molar-refractivity contribution is 5.84. The van der Waals surface area contributed by atoms with Crippen LogP contribution in [0.5, 0.6) is 11.5 Å². The largest absolute Gasteiger partial charge is 0.493 e. The van der Waals surface area contributed by atoms with Crippen LogP contribution in [0.1, 0.15) is 6.92 Å². The van der Waals surface area contributed by atoms with Crippen LogP contribution < -0.4 is 14.8 Å². The molecule has 0 radical (unpaired) electrons. The van der Waals surface area contributed by atoms with Crippen LogP contribution in [0.4, 0.5) is 0 Å². The van der Waals surface area contributed by atoms with Gasteiger partial charge in [-0.1, -0.05) is 12.1 Å². The topological polar surface area (TPSA) is 73.9 Å². The summed E-state index contributed by atoms with van der Waals surface area (Å²) in [5, 5.41) is 2.46. The molecule has 0 bridgehead atoms. The molecule has 1 rings (SSSR count). The molecule has 0 unspecified atom stereocenters. The zero-order valence-electron chi connectivity index (χ0n) is 11.1. The average molecular weight is 267 g/mol. The van der Waals surface area contributed by atoms with Crippen molar-refractivity contribution in [1.82, 2.24) is 5.32 Å². The van der Waals surface area contributed by atoms with Crippen molar-refractivity contribution in [3.8, 4) is 11.5 Å². The van der Waals surface area contributed by atoms with Crippen molar-refractivity contribution >= 4 is 11.9 Å². The summed E-state index contributed by atoms with van der Waals surface area (Å²) in [6.45, 7) is 1.33. The third kappa shape index (κ3) is 4.50. The average Bonchev–Trinajstić information content (AvgIpc) is 2.44. The monoisotopic (exact) mass is 267 g/mol. The van der Waals surface area contributed by atoms with Gasteiger partial charge in [-0.15, -0.1) is 0 Å². The Balaban J connectivity index is 2.48. The molecular weight excluding hydrogens is 250 g/mol. The predicted octanol–water partition coefficient (Wildman–Crippen LogP) is 0.752. The van der Waals surface area contributed by atoms with Gasteiger partial charge in [0.05, 0.1) is 14.2 Å². The van der Waals surface area contributed by atoms with E-state index >= 15 is 0 Å². The lowest BCUT2D eigenvalue weighted by Gasteiger charge is -2.13. The minimum Gasteiger partial charge on any atom is -0.493 e. The lowest BCUT2D eigenvalue weighted by molar-refractivity contribution is -0.144. The first-order valence-corrected chi connectivity index (χ1v) is 5.71. The number of esters is 1. The summed E-state index contributed by atoms with van der Waals surface area (Å²) in [5.74, 6) is 0.0802. The molecule has 0 aromatic heterocycles. The standard InChI is InChI=1S/C13H17NO5/c1-9(13(16)18-3)14-12(15)8-19-11-7-5-4-6-10(11)17-2/h4-7,9H,8H2,1-3H3,(H,14,15)/t9-/m1/s1. The minimum absolute atomic E-state index is 0.207. The fourth-order valence-electron chi connectivity index (χ4n) is 1.40. The third-order valence-corrected chi connectivity index (χ3v) is 2.36. The molecule has 1 amide bonds. The minimum atomic E-state index is -0.709. The molecule has 1 atom stereocenters. The van der Waals surface area contributed by atoms with E-state index in [2.05, 4.69) is 10.1 Å². The van der Waals surface area contributed by atoms with E-state index in [4.69, 9.17) is 9.47 Å². The number of benzene rings is 1. The Bertz CT molecular complexity index is 446. The first kappa shape index (κ1) is 14.8. The molecule has 0 aliphatic rings. The quantitative estimate of drug-likeness (QED) is 0.770. The molecule has 0 spiro atoms. The van der Waals surface area contributed by atoms with Crippen LogP contribution in [-0.4, -0.2) is 38.7 Å². The summed E-state index contributed by atoms with van der Waals surface area (Å²) in [6.07, 6.45) is 0. The van der Waals surface area contributed by atoms with Crippen LogP contribution >= 0.6 is 0 Å². The van der Waals surface area contributed by atoms with E-state index in [0.717, 1.165) is 0 Å². The number of carbonyl (C=O) groups excluding carboxylic acids is 2. The van der Waals surface area contributed by atoms with Gasteiger partial charge >= 0.3 is 5.97 Å². The smallest absolute Gasteiger partial charge is 0.328 e. The van der Waals surface area contributed by atoms with Crippen LogP contribution in [0, 0.1) is 0 Å². The summed E-state index contributed by atoms with van der Waals surface area (Å²) in [5.41, 5.74) is 0. The van der Waals surface area contributed by atoms with Crippen LogP contribution in [0.3, 0.4) is 0 Å². The number of methoxy groups -OCH3 is 2. The molecule has 1 aromatic rings. The molecule has 19 heavy (non-hydrogen) atoms. The van der Waals surface area contributed by atoms with Gasteiger partial charge in [-0.25, -0.2) is 4.79 Å². The second-order valence-corrected chi connectivity index (χ2v) is 3.75. The molecular formula is C13H17NO5. The van der Waals surface area contributed by atoms with Gasteiger partial charge in [0.1, 0.15) is 6.04 Å². The second kappa shape index (κ2) is 7.25. The van der Waals surface area contributed by atoms with Crippen molar-refractivity contribution in [1.29, 1.82) is 0 Å². The van der Waals surface area contributed by atoms with E-state index < -0.39 is 17.9 Å². The SMILES string of the molecule is COC(=O)[C@@H](C)NC(=O)COc1ccccc1OC. The normalized spacial score (nSPS) is 11.3. The van der Waals surface area contributed by atoms with Crippen molar-refractivity contribution in [2.75, 3.05) is 20.8 Å². The van der Waals surface area contributed by atoms with Crippen LogP contribution in [-0.2, 0) is 14.3 Å². The van der Waals surface area contributed by atoms with Crippen molar-refractivity contribution < 1.29 is 23.8 Å². The lowest BCUT2D eigenvalue weighted by atomic mass is 10.3. The van der Waals surface area contributed by atoms with Crippen molar-refractivity contribution in [3.63, 3.8) is 0 Å². The Kier molecular flexibility index (Phi) is 5.66. The van der Waals surface area contributed by atoms with E-state index in [-0.39, 0.29) is 6.61 Å². The number of rotatable bonds is 6. The van der Waals surface area contributed by atoms with Gasteiger partial charge in [0.25, 0.3) is 5.91 Å². The number of nitrogens with one attached hydrogen (secondary N) is 1. The Hall–Kier alpha value is -2.24. The summed E-state index contributed by atoms with van der Waals surface area (Å²) >= 11 is 0. The highest BCUT2D eigenvalue weighted by Gasteiger charge is 2.16. The zero-order valence-corrected chi connectivity index (χ0v) is 11.1. The maximum Gasteiger partial charge on any atom is 0.328 e. The number of amides is 1. The Morgan fingerprint density at radius 3 is 2.42 bits per heavy atom. The second-order valence-electron chi connectivity index (χ2n) is 3.75. The molecule has 1 N–H and O–H groups in total. The van der Waals surface area contributed by atoms with Crippen molar-refractivity contribution in [2.24, 2.45) is 0 Å². The molecule has 0 saturated carbocycles. The van der Waals surface area contributed by atoms with E-state index in [0.29, 0.717) is 11.5 Å². The zero-order chi connectivity index (χ0) is 14.3. The maximum absolute atomic E-state index is 11.6. The Morgan fingerprint density at radius 1 is 1.21 bits per heavy atom. The van der Waals surface area contributed by atoms with Gasteiger partial charge in [-0.2, -0.15) is 0 Å². The number of hydrogen-bond donors (Lipinski definition) is 1.